The predicted octanol–water partition coefficient (Wildman–Crippen LogP) is 2.92. The van der Waals surface area contributed by atoms with Crippen molar-refractivity contribution in [2.24, 2.45) is 5.73 Å². The van der Waals surface area contributed by atoms with Gasteiger partial charge in [-0.05, 0) is 41.8 Å². The van der Waals surface area contributed by atoms with Crippen LogP contribution in [0.1, 0.15) is 5.56 Å². The summed E-state index contributed by atoms with van der Waals surface area (Å²) in [5.74, 6) is 0.0637. The molecule has 0 saturated heterocycles. The van der Waals surface area contributed by atoms with Crippen LogP contribution in [0.5, 0.6) is 0 Å². The average Bonchev–Trinajstić information content (AvgIpc) is 2.85. The fraction of sp³-hybridized carbons (Fsp3) is 0. The molecule has 0 fully saturated rings. The van der Waals surface area contributed by atoms with E-state index in [0.717, 1.165) is 22.2 Å². The van der Waals surface area contributed by atoms with Gasteiger partial charge >= 0.3 is 0 Å². The molecule has 0 saturated carbocycles. The van der Waals surface area contributed by atoms with Gasteiger partial charge in [0.05, 0.1) is 16.6 Å². The van der Waals surface area contributed by atoms with Crippen molar-refractivity contribution in [2.75, 3.05) is 0 Å². The summed E-state index contributed by atoms with van der Waals surface area (Å²) in [4.78, 5) is 4.62. The maximum absolute atomic E-state index is 7.52. The number of hydrogen-bond donors (Lipinski definition) is 2. The average molecular weight is 260 g/mol. The third-order valence-electron chi connectivity index (χ3n) is 3.58. The Bertz CT molecular complexity index is 982. The smallest absolute Gasteiger partial charge is 0.138 e. The zero-order chi connectivity index (χ0) is 13.7. The molecule has 0 aliphatic carbocycles. The van der Waals surface area contributed by atoms with Crippen LogP contribution in [-0.2, 0) is 0 Å². The van der Waals surface area contributed by atoms with Crippen molar-refractivity contribution in [3.05, 3.63) is 60.2 Å². The predicted molar refractivity (Wildman–Crippen MR) is 81.2 cm³/mol. The Morgan fingerprint density at radius 3 is 2.70 bits per heavy atom. The van der Waals surface area contributed by atoms with Crippen molar-refractivity contribution in [3.8, 4) is 0 Å². The molecule has 4 rings (SSSR count). The lowest BCUT2D eigenvalue weighted by atomic mass is 10.2. The van der Waals surface area contributed by atoms with Gasteiger partial charge in [0, 0.05) is 5.56 Å². The number of benzene rings is 2. The van der Waals surface area contributed by atoms with Gasteiger partial charge in [-0.25, -0.2) is 4.98 Å². The van der Waals surface area contributed by atoms with E-state index in [4.69, 9.17) is 11.1 Å². The summed E-state index contributed by atoms with van der Waals surface area (Å²) in [6.07, 6.45) is 0. The van der Waals surface area contributed by atoms with E-state index >= 15 is 0 Å². The number of nitrogens with zero attached hydrogens (tertiary/aromatic N) is 2. The van der Waals surface area contributed by atoms with Gasteiger partial charge in [-0.3, -0.25) is 9.81 Å². The quantitative estimate of drug-likeness (QED) is 0.408. The standard InChI is InChI=1S/C16H12N4/c17-16(18)11-5-7-14-12(9-11)19-15-8-6-10-3-1-2-4-13(10)20(14)15/h1-9H,(H3,17,18). The minimum atomic E-state index is 0.0637. The molecule has 4 nitrogen and oxygen atoms in total. The summed E-state index contributed by atoms with van der Waals surface area (Å²) in [6.45, 7) is 0. The number of imidazole rings is 1. The summed E-state index contributed by atoms with van der Waals surface area (Å²) in [5.41, 5.74) is 10.2. The highest BCUT2D eigenvalue weighted by Gasteiger charge is 2.08. The first-order valence-corrected chi connectivity index (χ1v) is 6.38. The number of fused-ring (bicyclic) bond motifs is 5. The van der Waals surface area contributed by atoms with Crippen molar-refractivity contribution in [1.82, 2.24) is 9.38 Å². The van der Waals surface area contributed by atoms with Crippen LogP contribution in [0.2, 0.25) is 0 Å². The summed E-state index contributed by atoms with van der Waals surface area (Å²) in [6, 6.07) is 18.0. The molecule has 4 heteroatoms. The molecule has 2 aromatic carbocycles. The first-order chi connectivity index (χ1) is 9.74. The number of amidine groups is 1. The zero-order valence-electron chi connectivity index (χ0n) is 10.7. The highest BCUT2D eigenvalue weighted by Crippen LogP contribution is 2.23. The highest BCUT2D eigenvalue weighted by atomic mass is 15.0. The van der Waals surface area contributed by atoms with Crippen molar-refractivity contribution < 1.29 is 0 Å². The topological polar surface area (TPSA) is 67.2 Å². The number of para-hydroxylation sites is 1. The molecule has 20 heavy (non-hydrogen) atoms. The third kappa shape index (κ3) is 1.42. The Labute approximate surface area is 115 Å². The summed E-state index contributed by atoms with van der Waals surface area (Å²) < 4.78 is 2.13. The maximum atomic E-state index is 7.52. The molecule has 4 aromatic rings. The van der Waals surface area contributed by atoms with E-state index in [1.54, 1.807) is 0 Å². The molecule has 0 aliphatic rings. The van der Waals surface area contributed by atoms with Crippen LogP contribution in [-0.4, -0.2) is 15.2 Å². The monoisotopic (exact) mass is 260 g/mol. The van der Waals surface area contributed by atoms with E-state index in [2.05, 4.69) is 27.6 Å². The Hall–Kier alpha value is -2.88. The minimum Gasteiger partial charge on any atom is -0.384 e. The molecule has 0 unspecified atom stereocenters. The van der Waals surface area contributed by atoms with Gasteiger partial charge < -0.3 is 5.73 Å². The second-order valence-corrected chi connectivity index (χ2v) is 4.81. The summed E-state index contributed by atoms with van der Waals surface area (Å²) in [5, 5.41) is 8.70. The van der Waals surface area contributed by atoms with E-state index in [-0.39, 0.29) is 5.84 Å². The van der Waals surface area contributed by atoms with Crippen LogP contribution in [0, 0.1) is 5.41 Å². The maximum Gasteiger partial charge on any atom is 0.138 e. The third-order valence-corrected chi connectivity index (χ3v) is 3.58. The van der Waals surface area contributed by atoms with Gasteiger partial charge in [0.25, 0.3) is 0 Å². The lowest BCUT2D eigenvalue weighted by molar-refractivity contribution is 1.30. The largest absolute Gasteiger partial charge is 0.384 e. The van der Waals surface area contributed by atoms with Gasteiger partial charge in [0.15, 0.2) is 0 Å². The number of nitrogens with one attached hydrogen (secondary N) is 1. The summed E-state index contributed by atoms with van der Waals surface area (Å²) >= 11 is 0. The molecule has 2 heterocycles. The summed E-state index contributed by atoms with van der Waals surface area (Å²) in [7, 11) is 0. The second-order valence-electron chi connectivity index (χ2n) is 4.81. The van der Waals surface area contributed by atoms with Crippen LogP contribution >= 0.6 is 0 Å². The first-order valence-electron chi connectivity index (χ1n) is 6.38. The van der Waals surface area contributed by atoms with Gasteiger partial charge in [0.1, 0.15) is 11.5 Å². The number of pyridine rings is 1. The SMILES string of the molecule is N=C(N)c1ccc2c(c1)nc1ccc3ccccc3n12. The van der Waals surface area contributed by atoms with Gasteiger partial charge in [0.2, 0.25) is 0 Å². The van der Waals surface area contributed by atoms with Gasteiger partial charge in [-0.15, -0.1) is 0 Å². The molecule has 2 aromatic heterocycles. The lowest BCUT2D eigenvalue weighted by Gasteiger charge is -2.03. The Balaban J connectivity index is 2.20. The van der Waals surface area contributed by atoms with Crippen molar-refractivity contribution in [3.63, 3.8) is 0 Å². The molecular weight excluding hydrogens is 248 g/mol. The molecule has 0 bridgehead atoms. The van der Waals surface area contributed by atoms with E-state index < -0.39 is 0 Å². The molecule has 0 atom stereocenters. The molecule has 96 valence electrons. The van der Waals surface area contributed by atoms with Gasteiger partial charge in [-0.1, -0.05) is 18.2 Å². The van der Waals surface area contributed by atoms with Gasteiger partial charge in [-0.2, -0.15) is 0 Å². The van der Waals surface area contributed by atoms with Crippen LogP contribution in [0.15, 0.2) is 54.6 Å². The molecule has 3 N–H and O–H groups in total. The van der Waals surface area contributed by atoms with E-state index in [1.165, 1.54) is 5.39 Å². The van der Waals surface area contributed by atoms with E-state index in [1.807, 2.05) is 36.4 Å². The van der Waals surface area contributed by atoms with Crippen LogP contribution in [0.25, 0.3) is 27.6 Å². The van der Waals surface area contributed by atoms with Crippen molar-refractivity contribution in [1.29, 1.82) is 5.41 Å². The molecule has 0 radical (unpaired) electrons. The number of hydrogen-bond acceptors (Lipinski definition) is 2. The van der Waals surface area contributed by atoms with Crippen LogP contribution in [0.3, 0.4) is 0 Å². The van der Waals surface area contributed by atoms with Crippen LogP contribution < -0.4 is 5.73 Å². The molecular formula is C16H12N4. The van der Waals surface area contributed by atoms with Crippen LogP contribution in [0.4, 0.5) is 0 Å². The number of nitrogen functional groups attached to an aromatic ring is 1. The normalized spacial score (nSPS) is 11.4. The fourth-order valence-electron chi connectivity index (χ4n) is 2.63. The first kappa shape index (κ1) is 11.0. The zero-order valence-corrected chi connectivity index (χ0v) is 10.7. The minimum absolute atomic E-state index is 0.0637. The second kappa shape index (κ2) is 3.81. The van der Waals surface area contributed by atoms with E-state index in [9.17, 15) is 0 Å². The fourth-order valence-corrected chi connectivity index (χ4v) is 2.63. The number of rotatable bonds is 1. The molecule has 0 amide bonds. The number of aromatic nitrogens is 2. The highest BCUT2D eigenvalue weighted by molar-refractivity contribution is 5.99. The Morgan fingerprint density at radius 1 is 1.00 bits per heavy atom. The van der Waals surface area contributed by atoms with Crippen molar-refractivity contribution >= 4 is 33.4 Å². The molecule has 0 aliphatic heterocycles. The number of nitrogens with two attached hydrogens (primary N) is 1. The van der Waals surface area contributed by atoms with Crippen molar-refractivity contribution in [2.45, 2.75) is 0 Å². The Morgan fingerprint density at radius 2 is 1.85 bits per heavy atom. The molecule has 0 spiro atoms. The van der Waals surface area contributed by atoms with E-state index in [0.29, 0.717) is 5.56 Å². The lowest BCUT2D eigenvalue weighted by Crippen LogP contribution is -2.10. The Kier molecular flexibility index (Phi) is 2.09.